The molecule has 0 aliphatic carbocycles. The lowest BCUT2D eigenvalue weighted by atomic mass is 10.4. The van der Waals surface area contributed by atoms with Gasteiger partial charge >= 0.3 is 12.1 Å². The number of carboxylic acid groups (broad SMARTS) is 1. The summed E-state index contributed by atoms with van der Waals surface area (Å²) in [4.78, 5) is 8.90. The maximum absolute atomic E-state index is 10.6. The summed E-state index contributed by atoms with van der Waals surface area (Å²) in [5.41, 5.74) is 6.04. The first-order valence-electron chi connectivity index (χ1n) is 4.71. The van der Waals surface area contributed by atoms with Crippen LogP contribution in [0.3, 0.4) is 0 Å². The highest BCUT2D eigenvalue weighted by Gasteiger charge is 2.38. The second kappa shape index (κ2) is 7.36. The van der Waals surface area contributed by atoms with E-state index in [2.05, 4.69) is 10.2 Å². The predicted octanol–water partition coefficient (Wildman–Crippen LogP) is 0.586. The van der Waals surface area contributed by atoms with Gasteiger partial charge in [0.15, 0.2) is 5.75 Å². The fraction of sp³-hybridized carbons (Fsp3) is 0.444. The highest BCUT2D eigenvalue weighted by atomic mass is 19.4. The van der Waals surface area contributed by atoms with Crippen molar-refractivity contribution in [1.82, 2.24) is 10.2 Å². The second-order valence-electron chi connectivity index (χ2n) is 2.92. The molecule has 1 rings (SSSR count). The molecule has 7 nitrogen and oxygen atoms in total. The molecule has 0 fully saturated rings. The summed E-state index contributed by atoms with van der Waals surface area (Å²) in [6.45, 7) is 0.341. The number of carbonyl (C=O) groups is 1. The van der Waals surface area contributed by atoms with Crippen LogP contribution in [0.5, 0.6) is 11.6 Å². The fourth-order valence-corrected chi connectivity index (χ4v) is 0.788. The zero-order valence-electron chi connectivity index (χ0n) is 10.1. The molecule has 0 atom stereocenters. The molecule has 1 aromatic heterocycles. The van der Waals surface area contributed by atoms with Gasteiger partial charge in [0.1, 0.15) is 0 Å². The Morgan fingerprint density at radius 2 is 1.89 bits per heavy atom. The molecule has 0 aliphatic heterocycles. The topological polar surface area (TPSA) is 108 Å². The molecule has 0 unspecified atom stereocenters. The van der Waals surface area contributed by atoms with E-state index in [1.54, 1.807) is 13.2 Å². The van der Waals surface area contributed by atoms with Crippen molar-refractivity contribution in [3.8, 4) is 11.6 Å². The maximum atomic E-state index is 10.6. The number of carboxylic acids is 1. The van der Waals surface area contributed by atoms with E-state index in [0.717, 1.165) is 0 Å². The van der Waals surface area contributed by atoms with Gasteiger partial charge in [-0.25, -0.2) is 4.79 Å². The number of methoxy groups -OCH3 is 2. The number of nitrogens with two attached hydrogens (primary N) is 1. The van der Waals surface area contributed by atoms with Gasteiger partial charge in [-0.1, -0.05) is 0 Å². The predicted molar refractivity (Wildman–Crippen MR) is 56.7 cm³/mol. The third-order valence-electron chi connectivity index (χ3n) is 1.64. The first-order chi connectivity index (χ1) is 8.76. The zero-order valence-corrected chi connectivity index (χ0v) is 10.1. The summed E-state index contributed by atoms with van der Waals surface area (Å²) in [5.74, 6) is -1.84. The fourth-order valence-electron chi connectivity index (χ4n) is 0.788. The Balaban J connectivity index is 0.000000399. The minimum Gasteiger partial charge on any atom is -0.491 e. The summed E-state index contributed by atoms with van der Waals surface area (Å²) in [6, 6.07) is 1.70. The molecular formula is C9H12F3N3O4. The van der Waals surface area contributed by atoms with Crippen molar-refractivity contribution in [3.63, 3.8) is 0 Å². The lowest BCUT2D eigenvalue weighted by Crippen LogP contribution is -2.21. The molecule has 0 bridgehead atoms. The van der Waals surface area contributed by atoms with Crippen LogP contribution >= 0.6 is 0 Å². The molecule has 0 saturated heterocycles. The number of aromatic nitrogens is 2. The van der Waals surface area contributed by atoms with Gasteiger partial charge in [-0.3, -0.25) is 0 Å². The van der Waals surface area contributed by atoms with E-state index >= 15 is 0 Å². The van der Waals surface area contributed by atoms with Gasteiger partial charge < -0.3 is 20.3 Å². The minimum absolute atomic E-state index is 0.341. The average molecular weight is 283 g/mol. The van der Waals surface area contributed by atoms with Gasteiger partial charge in [-0.15, -0.1) is 5.10 Å². The third-order valence-corrected chi connectivity index (χ3v) is 1.64. The van der Waals surface area contributed by atoms with Crippen LogP contribution in [0.4, 0.5) is 13.2 Å². The van der Waals surface area contributed by atoms with Crippen molar-refractivity contribution in [3.05, 3.63) is 11.8 Å². The molecule has 1 aromatic rings. The maximum Gasteiger partial charge on any atom is 0.490 e. The molecule has 10 heteroatoms. The Bertz CT molecular complexity index is 426. The highest BCUT2D eigenvalue weighted by Crippen LogP contribution is 2.22. The summed E-state index contributed by atoms with van der Waals surface area (Å²) < 4.78 is 41.6. The van der Waals surface area contributed by atoms with Crippen LogP contribution < -0.4 is 15.2 Å². The van der Waals surface area contributed by atoms with Crippen molar-refractivity contribution in [1.29, 1.82) is 0 Å². The lowest BCUT2D eigenvalue weighted by Gasteiger charge is -2.05. The number of alkyl halides is 3. The number of rotatable bonds is 3. The van der Waals surface area contributed by atoms with Gasteiger partial charge in [0.2, 0.25) is 0 Å². The summed E-state index contributed by atoms with van der Waals surface area (Å²) in [6.07, 6.45) is -5.08. The number of hydrogen-bond acceptors (Lipinski definition) is 6. The SMILES string of the molecule is COc1cc(CN)nnc1OC.O=C(O)C(F)(F)F. The first-order valence-corrected chi connectivity index (χ1v) is 4.71. The van der Waals surface area contributed by atoms with E-state index < -0.39 is 12.1 Å². The Morgan fingerprint density at radius 1 is 1.37 bits per heavy atom. The van der Waals surface area contributed by atoms with Gasteiger partial charge in [0, 0.05) is 12.6 Å². The molecule has 1 heterocycles. The monoisotopic (exact) mass is 283 g/mol. The van der Waals surface area contributed by atoms with Crippen molar-refractivity contribution in [2.45, 2.75) is 12.7 Å². The average Bonchev–Trinajstić information content (AvgIpc) is 2.37. The normalized spacial score (nSPS) is 10.2. The van der Waals surface area contributed by atoms with Crippen LogP contribution in [0.15, 0.2) is 6.07 Å². The molecule has 3 N–H and O–H groups in total. The Morgan fingerprint density at radius 3 is 2.21 bits per heavy atom. The van der Waals surface area contributed by atoms with Crippen LogP contribution in [0.1, 0.15) is 5.69 Å². The molecule has 0 amide bonds. The number of hydrogen-bond donors (Lipinski definition) is 2. The van der Waals surface area contributed by atoms with Crippen LogP contribution in [-0.2, 0) is 11.3 Å². The van der Waals surface area contributed by atoms with Gasteiger partial charge in [-0.2, -0.15) is 18.3 Å². The molecule has 0 aromatic carbocycles. The molecule has 0 spiro atoms. The number of ether oxygens (including phenoxy) is 2. The summed E-state index contributed by atoms with van der Waals surface area (Å²) in [7, 11) is 3.05. The number of aliphatic carboxylic acids is 1. The molecule has 108 valence electrons. The van der Waals surface area contributed by atoms with Gasteiger partial charge in [0.25, 0.3) is 5.88 Å². The molecule has 0 saturated carbocycles. The van der Waals surface area contributed by atoms with Crippen molar-refractivity contribution in [2.75, 3.05) is 14.2 Å². The second-order valence-corrected chi connectivity index (χ2v) is 2.92. The van der Waals surface area contributed by atoms with E-state index in [-0.39, 0.29) is 0 Å². The largest absolute Gasteiger partial charge is 0.491 e. The quantitative estimate of drug-likeness (QED) is 0.835. The summed E-state index contributed by atoms with van der Waals surface area (Å²) >= 11 is 0. The van der Waals surface area contributed by atoms with Crippen molar-refractivity contribution >= 4 is 5.97 Å². The van der Waals surface area contributed by atoms with Crippen LogP contribution in [-0.4, -0.2) is 41.7 Å². The minimum atomic E-state index is -5.08. The van der Waals surface area contributed by atoms with Crippen LogP contribution in [0.2, 0.25) is 0 Å². The van der Waals surface area contributed by atoms with E-state index in [9.17, 15) is 13.2 Å². The first kappa shape index (κ1) is 16.9. The molecule has 0 aliphatic rings. The van der Waals surface area contributed by atoms with Crippen molar-refractivity contribution in [2.24, 2.45) is 5.73 Å². The molecule has 19 heavy (non-hydrogen) atoms. The van der Waals surface area contributed by atoms with E-state index in [0.29, 0.717) is 23.9 Å². The Kier molecular flexibility index (Phi) is 6.55. The number of halogens is 3. The summed E-state index contributed by atoms with van der Waals surface area (Å²) in [5, 5.41) is 14.7. The van der Waals surface area contributed by atoms with Crippen LogP contribution in [0.25, 0.3) is 0 Å². The smallest absolute Gasteiger partial charge is 0.490 e. The van der Waals surface area contributed by atoms with E-state index in [1.165, 1.54) is 7.11 Å². The van der Waals surface area contributed by atoms with Crippen molar-refractivity contribution < 1.29 is 32.5 Å². The van der Waals surface area contributed by atoms with Crippen LogP contribution in [0, 0.1) is 0 Å². The van der Waals surface area contributed by atoms with Gasteiger partial charge in [-0.05, 0) is 0 Å². The van der Waals surface area contributed by atoms with E-state index in [4.69, 9.17) is 25.1 Å². The standard InChI is InChI=1S/C7H11N3O2.C2HF3O2/c1-11-6-3-5(4-8)9-10-7(6)12-2;3-2(4,5)1(6)7/h3H,4,8H2,1-2H3;(H,6,7). The Labute approximate surface area is 106 Å². The Hall–Kier alpha value is -2.10. The highest BCUT2D eigenvalue weighted by molar-refractivity contribution is 5.73. The number of nitrogens with zero attached hydrogens (tertiary/aromatic N) is 2. The third kappa shape index (κ3) is 5.86. The molecule has 0 radical (unpaired) electrons. The molecular weight excluding hydrogens is 271 g/mol. The van der Waals surface area contributed by atoms with Gasteiger partial charge in [0.05, 0.1) is 19.9 Å². The zero-order chi connectivity index (χ0) is 15.1. The van der Waals surface area contributed by atoms with E-state index in [1.807, 2.05) is 0 Å². The lowest BCUT2D eigenvalue weighted by molar-refractivity contribution is -0.192.